The van der Waals surface area contributed by atoms with Crippen molar-refractivity contribution in [3.8, 4) is 0 Å². The van der Waals surface area contributed by atoms with Gasteiger partial charge in [0, 0.05) is 11.4 Å². The lowest BCUT2D eigenvalue weighted by Gasteiger charge is -2.16. The minimum atomic E-state index is -1.24. The van der Waals surface area contributed by atoms with Gasteiger partial charge in [0.25, 0.3) is 0 Å². The number of aliphatic hydroxyl groups is 6. The molecule has 272 valence electrons. The van der Waals surface area contributed by atoms with Gasteiger partial charge in [0.05, 0.1) is 25.9 Å². The van der Waals surface area contributed by atoms with Gasteiger partial charge in [0.2, 0.25) is 11.9 Å². The fourth-order valence-corrected chi connectivity index (χ4v) is 5.88. The van der Waals surface area contributed by atoms with Gasteiger partial charge in [0.15, 0.2) is 35.4 Å². The zero-order valence-electron chi connectivity index (χ0n) is 27.2. The molecule has 6 aromatic rings. The van der Waals surface area contributed by atoms with Gasteiger partial charge >= 0.3 is 0 Å². The number of ether oxygens (including phenoxy) is 2. The molecule has 0 bridgehead atoms. The summed E-state index contributed by atoms with van der Waals surface area (Å²) in [4.78, 5) is 25.5. The molecule has 2 aliphatic rings. The quantitative estimate of drug-likeness (QED) is 0.0951. The highest BCUT2D eigenvalue weighted by Crippen LogP contribution is 2.34. The highest BCUT2D eigenvalue weighted by Gasteiger charge is 2.45. The van der Waals surface area contributed by atoms with Crippen molar-refractivity contribution in [1.82, 2.24) is 39.0 Å². The number of aromatic nitrogens is 8. The summed E-state index contributed by atoms with van der Waals surface area (Å²) in [6.07, 6.45) is -5.81. The van der Waals surface area contributed by atoms with Crippen LogP contribution in [0.5, 0.6) is 0 Å². The number of hydrogen-bond acceptors (Lipinski definition) is 18. The summed E-state index contributed by atoms with van der Waals surface area (Å²) >= 11 is 0. The highest BCUT2D eigenvalue weighted by atomic mass is 16.6. The number of anilines is 6. The van der Waals surface area contributed by atoms with Crippen LogP contribution in [0.2, 0.25) is 0 Å². The van der Waals surface area contributed by atoms with Crippen LogP contribution in [0.3, 0.4) is 0 Å². The van der Waals surface area contributed by atoms with Gasteiger partial charge in [-0.25, -0.2) is 9.97 Å². The van der Waals surface area contributed by atoms with Crippen molar-refractivity contribution in [2.24, 2.45) is 0 Å². The van der Waals surface area contributed by atoms with Crippen LogP contribution in [0.4, 0.5) is 34.9 Å². The van der Waals surface area contributed by atoms with Crippen LogP contribution in [0, 0.1) is 0 Å². The number of fused-ring (bicyclic) bond motifs is 2. The van der Waals surface area contributed by atoms with Gasteiger partial charge in [-0.1, -0.05) is 36.4 Å². The minimum absolute atomic E-state index is 0.166. The normalized spacial score (nSPS) is 25.7. The van der Waals surface area contributed by atoms with Gasteiger partial charge in [-0.05, 0) is 24.3 Å². The predicted molar refractivity (Wildman–Crippen MR) is 185 cm³/mol. The van der Waals surface area contributed by atoms with E-state index in [4.69, 9.17) is 20.9 Å². The van der Waals surface area contributed by atoms with E-state index in [1.807, 2.05) is 60.7 Å². The molecule has 0 saturated carbocycles. The number of imidazole rings is 2. The second-order valence-corrected chi connectivity index (χ2v) is 12.0. The molecular weight excluding hydrogens is 680 g/mol. The second kappa shape index (κ2) is 14.6. The Morgan fingerprint density at radius 1 is 0.577 bits per heavy atom. The topological polar surface area (TPSA) is 303 Å². The van der Waals surface area contributed by atoms with Crippen LogP contribution in [0.25, 0.3) is 22.3 Å². The van der Waals surface area contributed by atoms with Crippen LogP contribution in [0.1, 0.15) is 12.5 Å². The lowest BCUT2D eigenvalue weighted by Crippen LogP contribution is -2.33. The molecule has 0 unspecified atom stereocenters. The Morgan fingerprint density at radius 3 is 1.31 bits per heavy atom. The lowest BCUT2D eigenvalue weighted by molar-refractivity contribution is -0.0511. The third kappa shape index (κ3) is 6.63. The Hall–Kier alpha value is -5.58. The summed E-state index contributed by atoms with van der Waals surface area (Å²) in [7, 11) is 0. The first-order valence-electron chi connectivity index (χ1n) is 16.1. The van der Waals surface area contributed by atoms with Crippen LogP contribution >= 0.6 is 0 Å². The third-order valence-corrected chi connectivity index (χ3v) is 8.54. The van der Waals surface area contributed by atoms with E-state index in [0.717, 1.165) is 11.4 Å². The molecule has 2 aliphatic heterocycles. The molecular formula is C32H36N12O8. The van der Waals surface area contributed by atoms with E-state index in [2.05, 4.69) is 40.5 Å². The zero-order valence-corrected chi connectivity index (χ0v) is 27.2. The monoisotopic (exact) mass is 716 g/mol. The molecule has 6 heterocycles. The number of nitrogens with one attached hydrogen (secondary N) is 2. The molecule has 0 spiro atoms. The molecule has 4 aromatic heterocycles. The van der Waals surface area contributed by atoms with Gasteiger partial charge in [0.1, 0.15) is 47.7 Å². The van der Waals surface area contributed by atoms with E-state index in [9.17, 15) is 30.6 Å². The van der Waals surface area contributed by atoms with E-state index in [1.165, 1.54) is 21.8 Å². The van der Waals surface area contributed by atoms with Crippen LogP contribution in [-0.2, 0) is 9.47 Å². The van der Waals surface area contributed by atoms with Crippen molar-refractivity contribution in [3.05, 3.63) is 73.3 Å². The number of benzene rings is 2. The molecule has 0 aliphatic carbocycles. The van der Waals surface area contributed by atoms with Gasteiger partial charge < -0.3 is 62.2 Å². The number of nitrogens with zero attached hydrogens (tertiary/aromatic N) is 8. The molecule has 12 N–H and O–H groups in total. The van der Waals surface area contributed by atoms with Crippen molar-refractivity contribution in [2.45, 2.75) is 49.1 Å². The van der Waals surface area contributed by atoms with E-state index in [1.54, 1.807) is 0 Å². The predicted octanol–water partition coefficient (Wildman–Crippen LogP) is -0.473. The fraction of sp³-hybridized carbons (Fsp3) is 0.312. The van der Waals surface area contributed by atoms with Crippen molar-refractivity contribution < 1.29 is 40.1 Å². The first-order valence-corrected chi connectivity index (χ1v) is 16.1. The smallest absolute Gasteiger partial charge is 0.231 e. The SMILES string of the molecule is Nc1nc(Nc2ccccc2)nc2c1ncn2[C@@H]1O[C@H](CO)[C@@H](O)[C@H]1O.Nc1nc(Nc2ccccc2)nc2c1ncn2[C@@H]1O[C@H](CO)[C@@H](O)[C@H]1O. The van der Waals surface area contributed by atoms with E-state index >= 15 is 0 Å². The van der Waals surface area contributed by atoms with Crippen molar-refractivity contribution in [1.29, 1.82) is 0 Å². The Kier molecular flexibility index (Phi) is 9.77. The van der Waals surface area contributed by atoms with Crippen LogP contribution in [0.15, 0.2) is 73.3 Å². The zero-order chi connectivity index (χ0) is 36.5. The fourth-order valence-electron chi connectivity index (χ4n) is 5.88. The summed E-state index contributed by atoms with van der Waals surface area (Å²) in [6.45, 7) is -0.835. The maximum Gasteiger partial charge on any atom is 0.231 e. The maximum atomic E-state index is 10.2. The molecule has 2 aromatic carbocycles. The molecule has 0 amide bonds. The van der Waals surface area contributed by atoms with Crippen molar-refractivity contribution in [3.63, 3.8) is 0 Å². The number of rotatable bonds is 8. The molecule has 8 atom stereocenters. The van der Waals surface area contributed by atoms with Crippen LogP contribution < -0.4 is 22.1 Å². The largest absolute Gasteiger partial charge is 0.394 e. The first-order chi connectivity index (χ1) is 25.2. The van der Waals surface area contributed by atoms with Crippen molar-refractivity contribution in [2.75, 3.05) is 35.3 Å². The van der Waals surface area contributed by atoms with E-state index in [-0.39, 0.29) is 23.5 Å². The van der Waals surface area contributed by atoms with Crippen molar-refractivity contribution >= 4 is 57.2 Å². The number of para-hydroxylation sites is 2. The summed E-state index contributed by atoms with van der Waals surface area (Å²) in [5.41, 5.74) is 14.9. The summed E-state index contributed by atoms with van der Waals surface area (Å²) < 4.78 is 14.0. The van der Waals surface area contributed by atoms with Gasteiger partial charge in [-0.15, -0.1) is 0 Å². The average molecular weight is 717 g/mol. The average Bonchev–Trinajstić information content (AvgIpc) is 3.91. The summed E-state index contributed by atoms with van der Waals surface area (Å²) in [5.74, 6) is 0.849. The Labute approximate surface area is 294 Å². The highest BCUT2D eigenvalue weighted by molar-refractivity contribution is 5.84. The summed E-state index contributed by atoms with van der Waals surface area (Å²) in [6, 6.07) is 18.7. The molecule has 2 saturated heterocycles. The molecule has 0 radical (unpaired) electrons. The minimum Gasteiger partial charge on any atom is -0.394 e. The molecule has 52 heavy (non-hydrogen) atoms. The third-order valence-electron chi connectivity index (χ3n) is 8.54. The van der Waals surface area contributed by atoms with E-state index < -0.39 is 62.3 Å². The molecule has 2 fully saturated rings. The molecule has 8 rings (SSSR count). The Balaban J connectivity index is 0.000000162. The standard InChI is InChI=1S/2C16H18N6O4/c2*17-13-10-14(21-16(20-13)19-8-4-2-1-3-5-8)22(7-18-10)15-12(25)11(24)9(6-23)26-15/h2*1-5,7,9,11-12,15,23-25H,6H2,(H3,17,19,20,21)/t2*9-,11-,12-,15-/m11/s1. The Morgan fingerprint density at radius 2 is 0.962 bits per heavy atom. The van der Waals surface area contributed by atoms with Crippen LogP contribution in [-0.4, -0.2) is 120 Å². The lowest BCUT2D eigenvalue weighted by atomic mass is 10.1. The number of nitrogen functional groups attached to an aromatic ring is 2. The van der Waals surface area contributed by atoms with E-state index in [0.29, 0.717) is 22.3 Å². The number of aliphatic hydroxyl groups excluding tert-OH is 6. The molecule has 20 nitrogen and oxygen atoms in total. The molecule has 20 heteroatoms. The van der Waals surface area contributed by atoms with Gasteiger partial charge in [-0.2, -0.15) is 19.9 Å². The van der Waals surface area contributed by atoms with Gasteiger partial charge in [-0.3, -0.25) is 9.13 Å². The number of nitrogens with two attached hydrogens (primary N) is 2. The second-order valence-electron chi connectivity index (χ2n) is 12.0. The Bertz CT molecular complexity index is 1990. The maximum absolute atomic E-state index is 10.2. The summed E-state index contributed by atoms with van der Waals surface area (Å²) in [5, 5.41) is 65.0. The first kappa shape index (κ1) is 34.9. The number of hydrogen-bond donors (Lipinski definition) is 10.